The molecular weight excluding hydrogens is 220 g/mol. The van der Waals surface area contributed by atoms with Crippen LogP contribution in [-0.2, 0) is 6.54 Å². The van der Waals surface area contributed by atoms with E-state index in [9.17, 15) is 9.59 Å². The number of nitrogens with one attached hydrogen (secondary N) is 1. The SMILES string of the molecule is CCn1c2ccccc2n2c(=O)c(=O)[nH]nc12. The highest BCUT2D eigenvalue weighted by Crippen LogP contribution is 2.16. The maximum absolute atomic E-state index is 11.8. The van der Waals surface area contributed by atoms with Gasteiger partial charge in [-0.3, -0.25) is 9.59 Å². The third-order valence-electron chi connectivity index (χ3n) is 2.83. The zero-order chi connectivity index (χ0) is 12.0. The van der Waals surface area contributed by atoms with Crippen molar-refractivity contribution < 1.29 is 0 Å². The molecule has 0 radical (unpaired) electrons. The lowest BCUT2D eigenvalue weighted by Crippen LogP contribution is -2.33. The molecule has 6 heteroatoms. The molecule has 0 bridgehead atoms. The molecule has 0 aliphatic heterocycles. The molecule has 0 atom stereocenters. The molecule has 2 heterocycles. The summed E-state index contributed by atoms with van der Waals surface area (Å²) in [5.41, 5.74) is 0.284. The summed E-state index contributed by atoms with van der Waals surface area (Å²) in [5, 5.41) is 6.16. The fourth-order valence-electron chi connectivity index (χ4n) is 2.09. The van der Waals surface area contributed by atoms with E-state index in [0.29, 0.717) is 17.8 Å². The first-order chi connectivity index (χ1) is 8.24. The van der Waals surface area contributed by atoms with Gasteiger partial charge in [0.05, 0.1) is 11.0 Å². The molecule has 1 aromatic carbocycles. The first kappa shape index (κ1) is 9.83. The van der Waals surface area contributed by atoms with Gasteiger partial charge in [0.25, 0.3) is 0 Å². The normalized spacial score (nSPS) is 11.4. The predicted molar refractivity (Wildman–Crippen MR) is 63.3 cm³/mol. The summed E-state index contributed by atoms with van der Waals surface area (Å²) in [6, 6.07) is 7.42. The molecule has 0 aliphatic rings. The van der Waals surface area contributed by atoms with Crippen molar-refractivity contribution in [2.75, 3.05) is 0 Å². The Labute approximate surface area is 95.1 Å². The maximum Gasteiger partial charge on any atom is 0.330 e. The Hall–Kier alpha value is -2.37. The summed E-state index contributed by atoms with van der Waals surface area (Å²) in [4.78, 5) is 23.2. The van der Waals surface area contributed by atoms with Crippen LogP contribution in [0.5, 0.6) is 0 Å². The number of H-pyrrole nitrogens is 1. The number of imidazole rings is 1. The van der Waals surface area contributed by atoms with Crippen LogP contribution in [0.15, 0.2) is 33.9 Å². The van der Waals surface area contributed by atoms with Crippen molar-refractivity contribution in [2.45, 2.75) is 13.5 Å². The van der Waals surface area contributed by atoms with E-state index < -0.39 is 11.1 Å². The number of rotatable bonds is 1. The Kier molecular flexibility index (Phi) is 1.91. The topological polar surface area (TPSA) is 72.2 Å². The zero-order valence-corrected chi connectivity index (χ0v) is 9.17. The van der Waals surface area contributed by atoms with Gasteiger partial charge in [-0.15, -0.1) is 5.10 Å². The van der Waals surface area contributed by atoms with E-state index in [1.54, 1.807) is 6.07 Å². The summed E-state index contributed by atoms with van der Waals surface area (Å²) in [5.74, 6) is 0.457. The van der Waals surface area contributed by atoms with Crippen LogP contribution >= 0.6 is 0 Å². The Morgan fingerprint density at radius 3 is 2.65 bits per heavy atom. The maximum atomic E-state index is 11.8. The summed E-state index contributed by atoms with van der Waals surface area (Å²) in [6.07, 6.45) is 0. The predicted octanol–water partition coefficient (Wildman–Crippen LogP) is 0.357. The van der Waals surface area contributed by atoms with Gasteiger partial charge in [-0.1, -0.05) is 12.1 Å². The fourth-order valence-corrected chi connectivity index (χ4v) is 2.09. The zero-order valence-electron chi connectivity index (χ0n) is 9.17. The quantitative estimate of drug-likeness (QED) is 0.613. The van der Waals surface area contributed by atoms with Gasteiger partial charge in [0.15, 0.2) is 0 Å². The van der Waals surface area contributed by atoms with Gasteiger partial charge in [-0.2, -0.15) is 0 Å². The minimum atomic E-state index is -0.707. The molecule has 1 N–H and O–H groups in total. The molecule has 0 saturated heterocycles. The lowest BCUT2D eigenvalue weighted by Gasteiger charge is -1.98. The molecule has 3 aromatic rings. The van der Waals surface area contributed by atoms with E-state index in [0.717, 1.165) is 5.52 Å². The van der Waals surface area contributed by atoms with Crippen LogP contribution in [0.3, 0.4) is 0 Å². The van der Waals surface area contributed by atoms with Crippen LogP contribution in [0, 0.1) is 0 Å². The van der Waals surface area contributed by atoms with Gasteiger partial charge in [-0.25, -0.2) is 9.50 Å². The largest absolute Gasteiger partial charge is 0.330 e. The number of aryl methyl sites for hydroxylation is 1. The van der Waals surface area contributed by atoms with Gasteiger partial charge < -0.3 is 4.57 Å². The van der Waals surface area contributed by atoms with E-state index in [1.165, 1.54) is 4.40 Å². The standard InChI is InChI=1S/C11H10N4O2/c1-2-14-7-5-3-4-6-8(7)15-10(17)9(16)12-13-11(14)15/h3-6H,2H2,1H3,(H,12,16). The molecule has 2 aromatic heterocycles. The Morgan fingerprint density at radius 1 is 1.24 bits per heavy atom. The van der Waals surface area contributed by atoms with Gasteiger partial charge in [0.2, 0.25) is 5.78 Å². The number of benzene rings is 1. The fraction of sp³-hybridized carbons (Fsp3) is 0.182. The molecular formula is C11H10N4O2. The summed E-state index contributed by atoms with van der Waals surface area (Å²) < 4.78 is 3.23. The molecule has 0 fully saturated rings. The van der Waals surface area contributed by atoms with Crippen molar-refractivity contribution in [2.24, 2.45) is 0 Å². The first-order valence-electron chi connectivity index (χ1n) is 5.32. The number of nitrogens with zero attached hydrogens (tertiary/aromatic N) is 3. The van der Waals surface area contributed by atoms with Gasteiger partial charge in [0, 0.05) is 6.54 Å². The molecule has 17 heavy (non-hydrogen) atoms. The highest BCUT2D eigenvalue weighted by molar-refractivity contribution is 5.80. The number of hydrogen-bond acceptors (Lipinski definition) is 3. The van der Waals surface area contributed by atoms with Crippen LogP contribution in [0.2, 0.25) is 0 Å². The van der Waals surface area contributed by atoms with E-state index in [2.05, 4.69) is 10.2 Å². The highest BCUT2D eigenvalue weighted by atomic mass is 16.2. The van der Waals surface area contributed by atoms with Crippen molar-refractivity contribution in [3.05, 3.63) is 45.0 Å². The average molecular weight is 230 g/mol. The number of aromatic amines is 1. The second-order valence-corrected chi connectivity index (χ2v) is 3.73. The Bertz CT molecular complexity index is 825. The third-order valence-corrected chi connectivity index (χ3v) is 2.83. The molecule has 0 amide bonds. The average Bonchev–Trinajstić information content (AvgIpc) is 2.68. The number of hydrogen-bond donors (Lipinski definition) is 1. The van der Waals surface area contributed by atoms with Crippen LogP contribution in [-0.4, -0.2) is 19.2 Å². The van der Waals surface area contributed by atoms with Gasteiger partial charge in [0.1, 0.15) is 0 Å². The highest BCUT2D eigenvalue weighted by Gasteiger charge is 2.12. The van der Waals surface area contributed by atoms with Crippen molar-refractivity contribution in [1.29, 1.82) is 0 Å². The molecule has 0 aliphatic carbocycles. The molecule has 0 unspecified atom stereocenters. The lowest BCUT2D eigenvalue weighted by atomic mass is 10.3. The van der Waals surface area contributed by atoms with Crippen molar-refractivity contribution >= 4 is 16.8 Å². The number of para-hydroxylation sites is 2. The van der Waals surface area contributed by atoms with Crippen molar-refractivity contribution in [1.82, 2.24) is 19.2 Å². The minimum absolute atomic E-state index is 0.457. The van der Waals surface area contributed by atoms with Crippen molar-refractivity contribution in [3.63, 3.8) is 0 Å². The van der Waals surface area contributed by atoms with Crippen LogP contribution < -0.4 is 11.1 Å². The van der Waals surface area contributed by atoms with Crippen LogP contribution in [0.25, 0.3) is 16.8 Å². The molecule has 6 nitrogen and oxygen atoms in total. The third kappa shape index (κ3) is 1.17. The van der Waals surface area contributed by atoms with E-state index in [1.807, 2.05) is 29.7 Å². The van der Waals surface area contributed by atoms with Crippen LogP contribution in [0.4, 0.5) is 0 Å². The lowest BCUT2D eigenvalue weighted by molar-refractivity contribution is 0.772. The monoisotopic (exact) mass is 230 g/mol. The van der Waals surface area contributed by atoms with E-state index in [4.69, 9.17) is 0 Å². The Balaban J connectivity index is 2.74. The van der Waals surface area contributed by atoms with Crippen LogP contribution in [0.1, 0.15) is 6.92 Å². The molecule has 0 spiro atoms. The molecule has 0 saturated carbocycles. The smallest absolute Gasteiger partial charge is 0.309 e. The molecule has 3 rings (SSSR count). The minimum Gasteiger partial charge on any atom is -0.309 e. The first-order valence-corrected chi connectivity index (χ1v) is 5.32. The summed E-state index contributed by atoms with van der Waals surface area (Å²) in [6.45, 7) is 2.64. The molecule has 86 valence electrons. The Morgan fingerprint density at radius 2 is 1.94 bits per heavy atom. The van der Waals surface area contributed by atoms with Gasteiger partial charge >= 0.3 is 11.1 Å². The number of fused-ring (bicyclic) bond motifs is 3. The van der Waals surface area contributed by atoms with Gasteiger partial charge in [-0.05, 0) is 19.1 Å². The summed E-state index contributed by atoms with van der Waals surface area (Å²) in [7, 11) is 0. The number of aromatic nitrogens is 4. The second kappa shape index (κ2) is 3.31. The second-order valence-electron chi connectivity index (χ2n) is 3.73. The van der Waals surface area contributed by atoms with E-state index >= 15 is 0 Å². The van der Waals surface area contributed by atoms with Crippen molar-refractivity contribution in [3.8, 4) is 0 Å². The van der Waals surface area contributed by atoms with E-state index in [-0.39, 0.29) is 0 Å². The summed E-state index contributed by atoms with van der Waals surface area (Å²) >= 11 is 0.